The molecular weight excluding hydrogens is 678 g/mol. The normalized spacial score (nSPS) is 19.9. The highest BCUT2D eigenvalue weighted by Crippen LogP contribution is 2.68. The van der Waals surface area contributed by atoms with Gasteiger partial charge < -0.3 is 24.2 Å². The highest BCUT2D eigenvalue weighted by molar-refractivity contribution is 7.90. The number of hydrogen-bond acceptors (Lipinski definition) is 9. The van der Waals surface area contributed by atoms with Crippen LogP contribution in [0.15, 0.2) is 47.6 Å². The molecule has 2 fully saturated rings. The van der Waals surface area contributed by atoms with E-state index in [4.69, 9.17) is 21.1 Å². The quantitative estimate of drug-likeness (QED) is 0.114. The summed E-state index contributed by atoms with van der Waals surface area (Å²) in [5.74, 6) is 1.58. The van der Waals surface area contributed by atoms with Crippen LogP contribution in [-0.2, 0) is 16.1 Å². The van der Waals surface area contributed by atoms with Crippen LogP contribution in [0, 0.1) is 22.7 Å². The second-order valence-corrected chi connectivity index (χ2v) is 17.5. The van der Waals surface area contributed by atoms with Gasteiger partial charge in [-0.1, -0.05) is 45.4 Å². The first kappa shape index (κ1) is 37.7. The van der Waals surface area contributed by atoms with E-state index in [2.05, 4.69) is 66.6 Å². The van der Waals surface area contributed by atoms with Crippen molar-refractivity contribution in [2.45, 2.75) is 97.7 Å². The van der Waals surface area contributed by atoms with Crippen LogP contribution < -0.4 is 14.8 Å². The number of rotatable bonds is 12. The lowest BCUT2D eigenvalue weighted by Crippen LogP contribution is -2.45. The first-order valence-electron chi connectivity index (χ1n) is 17.1. The minimum Gasteiger partial charge on any atom is -0.587 e. The number of pyridine rings is 2. The number of amides is 2. The van der Waals surface area contributed by atoms with Crippen molar-refractivity contribution >= 4 is 40.8 Å². The Labute approximate surface area is 303 Å². The second kappa shape index (κ2) is 14.2. The van der Waals surface area contributed by atoms with Gasteiger partial charge in [0.15, 0.2) is 5.82 Å². The largest absolute Gasteiger partial charge is 0.587 e. The van der Waals surface area contributed by atoms with Gasteiger partial charge in [-0.25, -0.2) is 14.5 Å². The number of likely N-dealkylation sites (tertiary alicyclic amines) is 1. The van der Waals surface area contributed by atoms with Crippen LogP contribution in [0.4, 0.5) is 10.6 Å². The molecule has 12 nitrogen and oxygen atoms in total. The smallest absolute Gasteiger partial charge is 0.410 e. The predicted octanol–water partition coefficient (Wildman–Crippen LogP) is 7.06. The van der Waals surface area contributed by atoms with Crippen molar-refractivity contribution in [1.82, 2.24) is 29.4 Å². The molecule has 1 saturated carbocycles. The van der Waals surface area contributed by atoms with Gasteiger partial charge in [0.1, 0.15) is 27.9 Å². The number of nitrogens with one attached hydrogen (secondary N) is 2. The lowest BCUT2D eigenvalue weighted by Gasteiger charge is -2.33. The molecule has 1 saturated heterocycles. The maximum Gasteiger partial charge on any atom is 0.410 e. The van der Waals surface area contributed by atoms with Gasteiger partial charge >= 0.3 is 6.09 Å². The maximum absolute atomic E-state index is 13.1. The Morgan fingerprint density at radius 3 is 2.44 bits per heavy atom. The summed E-state index contributed by atoms with van der Waals surface area (Å²) in [5.41, 5.74) is -0.307. The van der Waals surface area contributed by atoms with Crippen molar-refractivity contribution < 1.29 is 23.6 Å². The van der Waals surface area contributed by atoms with Crippen LogP contribution in [0.25, 0.3) is 5.82 Å². The van der Waals surface area contributed by atoms with E-state index in [0.717, 1.165) is 19.3 Å². The van der Waals surface area contributed by atoms with Gasteiger partial charge in [0.05, 0.1) is 12.2 Å². The zero-order valence-corrected chi connectivity index (χ0v) is 32.1. The standard InChI is InChI=1S/C36H50ClN7O5S/c1-33(2,3)49-32(46)43-21-23(20-34(43,4)5)12-11-18-38-26-13-10-14-29(39-26)50(47)42-31(45)24-15-16-27(40-30(24)37)44-19-17-28(41-44)48-22-25-35(6,7)36(25,8)9/h10,13-17,19,23,25H,11-12,18,20-22H2,1-9H3,(H,38,39)(H,42,45). The first-order chi connectivity index (χ1) is 23.3. The average molecular weight is 728 g/mol. The third-order valence-corrected chi connectivity index (χ3v) is 11.6. The highest BCUT2D eigenvalue weighted by Gasteiger charge is 2.64. The third kappa shape index (κ3) is 8.48. The Morgan fingerprint density at radius 2 is 1.78 bits per heavy atom. The lowest BCUT2D eigenvalue weighted by molar-refractivity contribution is 0.0130. The highest BCUT2D eigenvalue weighted by atomic mass is 35.5. The molecule has 0 radical (unpaired) electrons. The summed E-state index contributed by atoms with van der Waals surface area (Å²) < 4.78 is 28.6. The number of carbonyl (C=O) groups excluding carboxylic acids is 2. The molecular formula is C36H50ClN7O5S. The summed E-state index contributed by atoms with van der Waals surface area (Å²) in [6.07, 6.45) is 4.13. The van der Waals surface area contributed by atoms with Crippen molar-refractivity contribution in [1.29, 1.82) is 0 Å². The number of hydrogen-bond donors (Lipinski definition) is 2. The number of nitrogens with zero attached hydrogens (tertiary/aromatic N) is 5. The van der Waals surface area contributed by atoms with Gasteiger partial charge in [0.25, 0.3) is 10.9 Å². The zero-order valence-electron chi connectivity index (χ0n) is 30.5. The van der Waals surface area contributed by atoms with E-state index in [0.29, 0.717) is 49.0 Å². The minimum atomic E-state index is -1.94. The molecule has 1 aliphatic carbocycles. The van der Waals surface area contributed by atoms with E-state index < -0.39 is 22.9 Å². The molecule has 0 bridgehead atoms. The first-order valence-corrected chi connectivity index (χ1v) is 18.6. The molecule has 0 aromatic carbocycles. The molecule has 2 N–H and O–H groups in total. The number of halogens is 1. The minimum absolute atomic E-state index is 0.0558. The summed E-state index contributed by atoms with van der Waals surface area (Å²) in [4.78, 5) is 36.4. The zero-order chi connectivity index (χ0) is 36.6. The molecule has 1 aliphatic heterocycles. The number of carbonyl (C=O) groups is 2. The Morgan fingerprint density at radius 1 is 1.06 bits per heavy atom. The van der Waals surface area contributed by atoms with Crippen molar-refractivity contribution in [3.63, 3.8) is 0 Å². The average Bonchev–Trinajstić information content (AvgIpc) is 3.41. The van der Waals surface area contributed by atoms with E-state index in [-0.39, 0.29) is 38.2 Å². The Balaban J connectivity index is 1.09. The van der Waals surface area contributed by atoms with E-state index >= 15 is 0 Å². The molecule has 2 atom stereocenters. The van der Waals surface area contributed by atoms with Crippen LogP contribution in [0.2, 0.25) is 5.15 Å². The van der Waals surface area contributed by atoms with E-state index in [1.54, 1.807) is 36.5 Å². The molecule has 0 spiro atoms. The molecule has 3 aromatic heterocycles. The number of aromatic nitrogens is 4. The van der Waals surface area contributed by atoms with E-state index in [9.17, 15) is 14.1 Å². The monoisotopic (exact) mass is 727 g/mol. The van der Waals surface area contributed by atoms with Crippen LogP contribution >= 0.6 is 11.6 Å². The SMILES string of the molecule is CC(C)(C)OC(=O)N1CC(CCCNc2cccc([S+]([O-])NC(=O)c3ccc(-n4ccc(OCC5C(C)(C)C5(C)C)n4)nc3Cl)n2)CC1(C)C. The molecule has 4 heterocycles. The Kier molecular flexibility index (Phi) is 10.7. The third-order valence-electron chi connectivity index (χ3n) is 10.4. The molecule has 2 amide bonds. The summed E-state index contributed by atoms with van der Waals surface area (Å²) in [5, 5.41) is 7.87. The fourth-order valence-corrected chi connectivity index (χ4v) is 7.79. The van der Waals surface area contributed by atoms with Gasteiger partial charge in [0.2, 0.25) is 5.88 Å². The Bertz CT molecular complexity index is 1690. The van der Waals surface area contributed by atoms with Crippen molar-refractivity contribution in [3.05, 3.63) is 53.3 Å². The fourth-order valence-electron chi connectivity index (χ4n) is 6.79. The molecule has 3 aromatic rings. The summed E-state index contributed by atoms with van der Waals surface area (Å²) in [6.45, 7) is 20.6. The van der Waals surface area contributed by atoms with Gasteiger partial charge in [-0.05, 0) is 88.8 Å². The van der Waals surface area contributed by atoms with Gasteiger partial charge in [-0.3, -0.25) is 4.79 Å². The second-order valence-electron chi connectivity index (χ2n) is 16.0. The molecule has 50 heavy (non-hydrogen) atoms. The fraction of sp³-hybridized carbons (Fsp3) is 0.583. The van der Waals surface area contributed by atoms with E-state index in [1.165, 1.54) is 10.7 Å². The van der Waals surface area contributed by atoms with Gasteiger partial charge in [-0.2, -0.15) is 9.71 Å². The topological polar surface area (TPSA) is 147 Å². The van der Waals surface area contributed by atoms with Crippen molar-refractivity contribution in [2.75, 3.05) is 25.0 Å². The number of ether oxygens (including phenoxy) is 2. The van der Waals surface area contributed by atoms with Gasteiger partial charge in [-0.15, -0.1) is 5.10 Å². The summed E-state index contributed by atoms with van der Waals surface area (Å²) >= 11 is 4.46. The van der Waals surface area contributed by atoms with Crippen LogP contribution in [0.5, 0.6) is 5.88 Å². The maximum atomic E-state index is 13.1. The molecule has 272 valence electrons. The lowest BCUT2D eigenvalue weighted by atomic mass is 9.93. The van der Waals surface area contributed by atoms with Crippen molar-refractivity contribution in [3.8, 4) is 11.7 Å². The molecule has 14 heteroatoms. The van der Waals surface area contributed by atoms with Crippen molar-refractivity contribution in [2.24, 2.45) is 22.7 Å². The predicted molar refractivity (Wildman–Crippen MR) is 194 cm³/mol. The molecule has 2 unspecified atom stereocenters. The number of anilines is 1. The van der Waals surface area contributed by atoms with Crippen LogP contribution in [0.1, 0.15) is 91.9 Å². The van der Waals surface area contributed by atoms with Crippen LogP contribution in [0.3, 0.4) is 0 Å². The molecule has 2 aliphatic rings. The van der Waals surface area contributed by atoms with Gasteiger partial charge in [0, 0.05) is 42.9 Å². The van der Waals surface area contributed by atoms with Crippen LogP contribution in [-0.4, -0.2) is 72.0 Å². The van der Waals surface area contributed by atoms with E-state index in [1.807, 2.05) is 25.7 Å². The Hall–Kier alpha value is -3.55. The molecule has 5 rings (SSSR count). The summed E-state index contributed by atoms with van der Waals surface area (Å²) in [6, 6.07) is 9.97. The summed E-state index contributed by atoms with van der Waals surface area (Å²) in [7, 11) is 0.